The number of ether oxygens (including phenoxy) is 1. The number of rotatable bonds is 5. The van der Waals surface area contributed by atoms with E-state index in [-0.39, 0.29) is 17.9 Å². The van der Waals surface area contributed by atoms with Gasteiger partial charge in [-0.2, -0.15) is 11.3 Å². The number of piperazine rings is 1. The minimum atomic E-state index is -0.315. The van der Waals surface area contributed by atoms with Gasteiger partial charge in [-0.3, -0.25) is 19.8 Å². The highest BCUT2D eigenvalue weighted by Crippen LogP contribution is 2.28. The van der Waals surface area contributed by atoms with Gasteiger partial charge in [0.05, 0.1) is 24.4 Å². The first-order valence-electron chi connectivity index (χ1n) is 10.3. The largest absolute Gasteiger partial charge is 0.450 e. The first-order valence-corrected chi connectivity index (χ1v) is 12.0. The third-order valence-electron chi connectivity index (χ3n) is 5.33. The number of hydrogen-bond donors (Lipinski definition) is 1. The van der Waals surface area contributed by atoms with Crippen LogP contribution in [0.15, 0.2) is 16.8 Å². The fourth-order valence-corrected chi connectivity index (χ4v) is 5.33. The number of aromatic nitrogens is 1. The Morgan fingerprint density at radius 1 is 1.16 bits per heavy atom. The molecular weight excluding hydrogens is 438 g/mol. The quantitative estimate of drug-likeness (QED) is 0.730. The summed E-state index contributed by atoms with van der Waals surface area (Å²) in [7, 11) is 0. The van der Waals surface area contributed by atoms with Gasteiger partial charge in [0.2, 0.25) is 5.91 Å². The molecule has 2 aromatic heterocycles. The van der Waals surface area contributed by atoms with Crippen LogP contribution in [0.2, 0.25) is 0 Å². The molecule has 0 atom stereocenters. The van der Waals surface area contributed by atoms with E-state index in [0.29, 0.717) is 56.6 Å². The minimum Gasteiger partial charge on any atom is -0.450 e. The second kappa shape index (κ2) is 9.75. The van der Waals surface area contributed by atoms with Crippen LogP contribution < -0.4 is 5.32 Å². The van der Waals surface area contributed by atoms with Crippen molar-refractivity contribution >= 4 is 45.7 Å². The number of nitrogens with one attached hydrogen (secondary N) is 1. The average molecular weight is 464 g/mol. The van der Waals surface area contributed by atoms with Crippen molar-refractivity contribution in [2.45, 2.75) is 19.9 Å². The van der Waals surface area contributed by atoms with Gasteiger partial charge in [-0.1, -0.05) is 0 Å². The predicted molar refractivity (Wildman–Crippen MR) is 119 cm³/mol. The number of amides is 3. The fourth-order valence-electron chi connectivity index (χ4n) is 3.64. The molecule has 1 saturated heterocycles. The van der Waals surface area contributed by atoms with Crippen LogP contribution >= 0.6 is 22.7 Å². The topological polar surface area (TPSA) is 95.1 Å². The Labute approximate surface area is 188 Å². The van der Waals surface area contributed by atoms with Crippen molar-refractivity contribution < 1.29 is 19.1 Å². The molecule has 0 saturated carbocycles. The number of nitrogens with zero attached hydrogens (tertiary/aromatic N) is 4. The van der Waals surface area contributed by atoms with Gasteiger partial charge in [0.15, 0.2) is 5.13 Å². The molecule has 0 bridgehead atoms. The van der Waals surface area contributed by atoms with Crippen molar-refractivity contribution in [2.75, 3.05) is 51.2 Å². The first-order chi connectivity index (χ1) is 15.0. The minimum absolute atomic E-state index is 0.0717. The van der Waals surface area contributed by atoms with Crippen LogP contribution in [0.3, 0.4) is 0 Å². The Morgan fingerprint density at radius 3 is 2.65 bits per heavy atom. The van der Waals surface area contributed by atoms with Crippen molar-refractivity contribution in [1.29, 1.82) is 0 Å². The molecule has 1 N–H and O–H groups in total. The molecule has 0 spiro atoms. The fraction of sp³-hybridized carbons (Fsp3) is 0.500. The lowest BCUT2D eigenvalue weighted by molar-refractivity contribution is -0.134. The zero-order valence-electron chi connectivity index (χ0n) is 17.3. The standard InChI is InChI=1S/C20H25N5O4S2/c1-2-29-20(28)25-8-6-24(7-9-25)17(26)12-23-5-3-15-16(11-23)31-19(21-15)22-18(27)14-4-10-30-13-14/h4,10,13H,2-3,5-9,11-12H2,1H3,(H,21,22,27). The molecule has 1 fully saturated rings. The Morgan fingerprint density at radius 2 is 1.94 bits per heavy atom. The number of hydrogen-bond acceptors (Lipinski definition) is 8. The van der Waals surface area contributed by atoms with E-state index < -0.39 is 0 Å². The van der Waals surface area contributed by atoms with Crippen molar-refractivity contribution in [3.8, 4) is 0 Å². The van der Waals surface area contributed by atoms with Crippen LogP contribution in [-0.4, -0.2) is 83.5 Å². The maximum atomic E-state index is 12.7. The van der Waals surface area contributed by atoms with Gasteiger partial charge >= 0.3 is 6.09 Å². The molecule has 2 aliphatic rings. The van der Waals surface area contributed by atoms with Gasteiger partial charge in [-0.05, 0) is 18.4 Å². The average Bonchev–Trinajstić information content (AvgIpc) is 3.43. The predicted octanol–water partition coefficient (Wildman–Crippen LogP) is 2.12. The first kappa shape index (κ1) is 21.7. The molecule has 0 radical (unpaired) electrons. The lowest BCUT2D eigenvalue weighted by Gasteiger charge is -2.35. The molecule has 0 unspecified atom stereocenters. The highest BCUT2D eigenvalue weighted by atomic mass is 32.1. The number of anilines is 1. The normalized spacial score (nSPS) is 16.7. The van der Waals surface area contributed by atoms with Crippen LogP contribution in [0, 0.1) is 0 Å². The number of thiophene rings is 1. The molecule has 4 rings (SSSR count). The van der Waals surface area contributed by atoms with E-state index in [0.717, 1.165) is 23.5 Å². The maximum absolute atomic E-state index is 12.7. The van der Waals surface area contributed by atoms with Crippen molar-refractivity contribution in [2.24, 2.45) is 0 Å². The summed E-state index contributed by atoms with van der Waals surface area (Å²) in [6.07, 6.45) is 0.439. The zero-order chi connectivity index (χ0) is 21.8. The Bertz CT molecular complexity index is 938. The monoisotopic (exact) mass is 463 g/mol. The SMILES string of the molecule is CCOC(=O)N1CCN(C(=O)CN2CCc3nc(NC(=O)c4ccsc4)sc3C2)CC1. The van der Waals surface area contributed by atoms with Gasteiger partial charge in [-0.25, -0.2) is 9.78 Å². The van der Waals surface area contributed by atoms with Crippen LogP contribution in [0.5, 0.6) is 0 Å². The van der Waals surface area contributed by atoms with Crippen LogP contribution in [-0.2, 0) is 22.5 Å². The lowest BCUT2D eigenvalue weighted by atomic mass is 10.2. The van der Waals surface area contributed by atoms with Gasteiger partial charge in [-0.15, -0.1) is 11.3 Å². The summed E-state index contributed by atoms with van der Waals surface area (Å²) in [4.78, 5) is 48.0. The second-order valence-corrected chi connectivity index (χ2v) is 9.25. The molecule has 31 heavy (non-hydrogen) atoms. The molecule has 4 heterocycles. The lowest BCUT2D eigenvalue weighted by Crippen LogP contribution is -2.53. The molecule has 166 valence electrons. The van der Waals surface area contributed by atoms with Gasteiger partial charge in [0, 0.05) is 55.9 Å². The molecular formula is C20H25N5O4S2. The third-order valence-corrected chi connectivity index (χ3v) is 7.01. The van der Waals surface area contributed by atoms with E-state index in [1.807, 2.05) is 15.7 Å². The molecule has 0 aromatic carbocycles. The molecule has 0 aliphatic carbocycles. The van der Waals surface area contributed by atoms with E-state index in [2.05, 4.69) is 15.2 Å². The van der Waals surface area contributed by atoms with E-state index in [4.69, 9.17) is 4.74 Å². The van der Waals surface area contributed by atoms with E-state index in [1.165, 1.54) is 22.7 Å². The van der Waals surface area contributed by atoms with Gasteiger partial charge in [0.1, 0.15) is 0 Å². The number of fused-ring (bicyclic) bond motifs is 1. The van der Waals surface area contributed by atoms with Crippen molar-refractivity contribution in [3.63, 3.8) is 0 Å². The Kier molecular flexibility index (Phi) is 6.83. The molecule has 9 nitrogen and oxygen atoms in total. The number of carbonyl (C=O) groups excluding carboxylic acids is 3. The Hall–Kier alpha value is -2.50. The summed E-state index contributed by atoms with van der Waals surface area (Å²) in [6, 6.07) is 1.79. The van der Waals surface area contributed by atoms with Gasteiger partial charge in [0.25, 0.3) is 5.91 Å². The summed E-state index contributed by atoms with van der Waals surface area (Å²) in [5, 5.41) is 7.15. The summed E-state index contributed by atoms with van der Waals surface area (Å²) < 4.78 is 5.02. The summed E-state index contributed by atoms with van der Waals surface area (Å²) in [6.45, 7) is 5.92. The summed E-state index contributed by atoms with van der Waals surface area (Å²) >= 11 is 2.95. The van der Waals surface area contributed by atoms with Crippen LogP contribution in [0.25, 0.3) is 0 Å². The Balaban J connectivity index is 1.27. The van der Waals surface area contributed by atoms with Gasteiger partial charge < -0.3 is 14.5 Å². The van der Waals surface area contributed by atoms with Crippen molar-refractivity contribution in [1.82, 2.24) is 19.7 Å². The number of carbonyl (C=O) groups is 3. The summed E-state index contributed by atoms with van der Waals surface area (Å²) in [5.74, 6) is -0.0798. The van der Waals surface area contributed by atoms with Crippen molar-refractivity contribution in [3.05, 3.63) is 33.0 Å². The highest BCUT2D eigenvalue weighted by Gasteiger charge is 2.28. The number of thiazole rings is 1. The van der Waals surface area contributed by atoms with E-state index >= 15 is 0 Å². The molecule has 2 aromatic rings. The van der Waals surface area contributed by atoms with E-state index in [9.17, 15) is 14.4 Å². The van der Waals surface area contributed by atoms with E-state index in [1.54, 1.807) is 17.9 Å². The maximum Gasteiger partial charge on any atom is 0.409 e. The second-order valence-electron chi connectivity index (χ2n) is 7.38. The van der Waals surface area contributed by atoms with Crippen LogP contribution in [0.1, 0.15) is 27.9 Å². The molecule has 2 aliphatic heterocycles. The third kappa shape index (κ3) is 5.23. The molecule has 3 amide bonds. The smallest absolute Gasteiger partial charge is 0.409 e. The highest BCUT2D eigenvalue weighted by molar-refractivity contribution is 7.16. The molecule has 11 heteroatoms. The zero-order valence-corrected chi connectivity index (χ0v) is 19.0. The summed E-state index contributed by atoms with van der Waals surface area (Å²) in [5.41, 5.74) is 1.63. The van der Waals surface area contributed by atoms with Crippen LogP contribution in [0.4, 0.5) is 9.93 Å².